The molecule has 0 amide bonds. The Morgan fingerprint density at radius 3 is 2.76 bits per heavy atom. The number of hydrogen-bond acceptors (Lipinski definition) is 5. The second-order valence-corrected chi connectivity index (χ2v) is 6.36. The highest BCUT2D eigenvalue weighted by Gasteiger charge is 2.23. The molecule has 0 unspecified atom stereocenters. The van der Waals surface area contributed by atoms with Gasteiger partial charge in [0.1, 0.15) is 5.52 Å². The summed E-state index contributed by atoms with van der Waals surface area (Å²) in [5, 5.41) is 0.204. The molecule has 2 aromatic heterocycles. The Hall–Kier alpha value is -1.50. The molecule has 1 aliphatic carbocycles. The number of rotatable bonds is 6. The predicted octanol–water partition coefficient (Wildman–Crippen LogP) is 3.90. The predicted molar refractivity (Wildman–Crippen MR) is 76.4 cm³/mol. The summed E-state index contributed by atoms with van der Waals surface area (Å²) in [7, 11) is 0. The van der Waals surface area contributed by atoms with Crippen LogP contribution in [0.25, 0.3) is 10.3 Å². The van der Waals surface area contributed by atoms with E-state index in [-0.39, 0.29) is 5.19 Å². The zero-order chi connectivity index (χ0) is 14.9. The van der Waals surface area contributed by atoms with E-state index in [0.29, 0.717) is 28.8 Å². The molecule has 0 N–H and O–H groups in total. The van der Waals surface area contributed by atoms with E-state index in [9.17, 15) is 8.78 Å². The number of fused-ring (bicyclic) bond motifs is 1. The van der Waals surface area contributed by atoms with Gasteiger partial charge in [-0.25, -0.2) is 18.7 Å². The van der Waals surface area contributed by atoms with E-state index >= 15 is 0 Å². The average molecular weight is 314 g/mol. The first-order chi connectivity index (χ1) is 9.99. The molecule has 7 heteroatoms. The molecule has 1 aliphatic rings. The molecule has 0 atom stereocenters. The lowest BCUT2D eigenvalue weighted by atomic mass is 9.86. The highest BCUT2D eigenvalue weighted by atomic mass is 32.1. The molecule has 1 saturated carbocycles. The lowest BCUT2D eigenvalue weighted by molar-refractivity contribution is -0.0229. The van der Waals surface area contributed by atoms with Gasteiger partial charge in [-0.05, 0) is 24.8 Å². The van der Waals surface area contributed by atoms with Gasteiger partial charge in [0.05, 0.1) is 6.61 Å². The molecule has 1 fully saturated rings. The Labute approximate surface area is 125 Å². The Morgan fingerprint density at radius 1 is 1.29 bits per heavy atom. The fourth-order valence-corrected chi connectivity index (χ4v) is 2.75. The largest absolute Gasteiger partial charge is 0.477 e. The van der Waals surface area contributed by atoms with Crippen LogP contribution in [0.15, 0.2) is 12.1 Å². The van der Waals surface area contributed by atoms with E-state index in [4.69, 9.17) is 9.47 Å². The van der Waals surface area contributed by atoms with Crippen molar-refractivity contribution < 1.29 is 18.3 Å². The quantitative estimate of drug-likeness (QED) is 0.811. The number of pyridine rings is 1. The molecule has 3 rings (SSSR count). The lowest BCUT2D eigenvalue weighted by Crippen LogP contribution is -2.20. The first-order valence-electron chi connectivity index (χ1n) is 6.91. The number of nitrogens with zero attached hydrogens (tertiary/aromatic N) is 2. The van der Waals surface area contributed by atoms with Gasteiger partial charge in [0, 0.05) is 13.0 Å². The van der Waals surface area contributed by atoms with Gasteiger partial charge in [-0.15, -0.1) is 0 Å². The highest BCUT2D eigenvalue weighted by molar-refractivity contribution is 7.19. The van der Waals surface area contributed by atoms with Crippen molar-refractivity contribution in [3.8, 4) is 11.1 Å². The maximum atomic E-state index is 12.8. The van der Waals surface area contributed by atoms with Crippen LogP contribution in [0.4, 0.5) is 8.78 Å². The smallest absolute Gasteiger partial charge is 0.278 e. The summed E-state index contributed by atoms with van der Waals surface area (Å²) >= 11 is 1.15. The van der Waals surface area contributed by atoms with Crippen molar-refractivity contribution >= 4 is 21.7 Å². The average Bonchev–Trinajstić information content (AvgIpc) is 2.76. The van der Waals surface area contributed by atoms with Crippen LogP contribution >= 0.6 is 11.3 Å². The van der Waals surface area contributed by atoms with Gasteiger partial charge in [-0.1, -0.05) is 17.8 Å². The number of hydrogen-bond donors (Lipinski definition) is 0. The number of thiazole rings is 1. The molecule has 4 nitrogen and oxygen atoms in total. The first kappa shape index (κ1) is 14.4. The summed E-state index contributed by atoms with van der Waals surface area (Å²) in [6.45, 7) is 0.811. The summed E-state index contributed by atoms with van der Waals surface area (Å²) in [4.78, 5) is 9.10. The molecule has 0 radical (unpaired) electrons. The minimum absolute atomic E-state index is 0.204. The molecular weight excluding hydrogens is 298 g/mol. The Morgan fingerprint density at radius 2 is 2.10 bits per heavy atom. The van der Waals surface area contributed by atoms with Gasteiger partial charge in [-0.2, -0.15) is 0 Å². The van der Waals surface area contributed by atoms with Crippen molar-refractivity contribution in [3.63, 3.8) is 0 Å². The molecule has 2 aromatic rings. The van der Waals surface area contributed by atoms with Crippen LogP contribution in [0, 0.1) is 5.92 Å². The van der Waals surface area contributed by atoms with Crippen molar-refractivity contribution in [2.75, 3.05) is 13.2 Å². The van der Waals surface area contributed by atoms with Crippen LogP contribution in [0.2, 0.25) is 0 Å². The van der Waals surface area contributed by atoms with E-state index in [1.165, 1.54) is 19.3 Å². The van der Waals surface area contributed by atoms with Crippen LogP contribution < -0.4 is 9.47 Å². The van der Waals surface area contributed by atoms with Crippen molar-refractivity contribution in [2.24, 2.45) is 5.92 Å². The van der Waals surface area contributed by atoms with E-state index in [1.807, 2.05) is 0 Å². The molecule has 21 heavy (non-hydrogen) atoms. The third-order valence-electron chi connectivity index (χ3n) is 3.35. The number of ether oxygens (including phenoxy) is 2. The maximum Gasteiger partial charge on any atom is 0.278 e. The van der Waals surface area contributed by atoms with Gasteiger partial charge < -0.3 is 9.47 Å². The molecule has 2 heterocycles. The highest BCUT2D eigenvalue weighted by Crippen LogP contribution is 2.30. The van der Waals surface area contributed by atoms with Crippen molar-refractivity contribution in [1.82, 2.24) is 9.97 Å². The third-order valence-corrected chi connectivity index (χ3v) is 4.23. The van der Waals surface area contributed by atoms with Crippen LogP contribution in [-0.2, 0) is 0 Å². The lowest BCUT2D eigenvalue weighted by Gasteiger charge is -2.24. The standard InChI is InChI=1S/C14H16F2N2O2S/c1-14(15,16)8-20-13-17-10-5-6-11(18-12(10)21-13)19-7-9-3-2-4-9/h5-6,9H,2-4,7-8H2,1H3. The summed E-state index contributed by atoms with van der Waals surface area (Å²) in [6, 6.07) is 3.52. The maximum absolute atomic E-state index is 12.8. The monoisotopic (exact) mass is 314 g/mol. The molecule has 0 spiro atoms. The molecule has 0 bridgehead atoms. The van der Waals surface area contributed by atoms with Crippen LogP contribution in [0.1, 0.15) is 26.2 Å². The van der Waals surface area contributed by atoms with E-state index < -0.39 is 12.5 Å². The van der Waals surface area contributed by atoms with Crippen molar-refractivity contribution in [2.45, 2.75) is 32.1 Å². The molecule has 114 valence electrons. The Balaban J connectivity index is 1.66. The molecule has 0 saturated heterocycles. The van der Waals surface area contributed by atoms with Crippen LogP contribution in [-0.4, -0.2) is 29.1 Å². The minimum Gasteiger partial charge on any atom is -0.477 e. The van der Waals surface area contributed by atoms with E-state index in [2.05, 4.69) is 9.97 Å². The van der Waals surface area contributed by atoms with Crippen molar-refractivity contribution in [3.05, 3.63) is 12.1 Å². The topological polar surface area (TPSA) is 44.2 Å². The SMILES string of the molecule is CC(F)(F)COc1nc2ccc(OCC3CCC3)nc2s1. The normalized spacial score (nSPS) is 16.0. The van der Waals surface area contributed by atoms with Crippen LogP contribution in [0.5, 0.6) is 11.1 Å². The second-order valence-electron chi connectivity index (χ2n) is 5.42. The third kappa shape index (κ3) is 3.78. The number of alkyl halides is 2. The van der Waals surface area contributed by atoms with Crippen LogP contribution in [0.3, 0.4) is 0 Å². The second kappa shape index (κ2) is 5.71. The Bertz CT molecular complexity index is 623. The van der Waals surface area contributed by atoms with Gasteiger partial charge in [-0.3, -0.25) is 0 Å². The van der Waals surface area contributed by atoms with Crippen molar-refractivity contribution in [1.29, 1.82) is 0 Å². The van der Waals surface area contributed by atoms with E-state index in [0.717, 1.165) is 18.3 Å². The molecular formula is C14H16F2N2O2S. The number of halogens is 2. The molecule has 0 aromatic carbocycles. The summed E-state index contributed by atoms with van der Waals surface area (Å²) in [5.74, 6) is -1.69. The first-order valence-corrected chi connectivity index (χ1v) is 7.72. The minimum atomic E-state index is -2.87. The van der Waals surface area contributed by atoms with E-state index in [1.54, 1.807) is 12.1 Å². The Kier molecular flexibility index (Phi) is 3.93. The molecule has 0 aliphatic heterocycles. The fraction of sp³-hybridized carbons (Fsp3) is 0.571. The number of aromatic nitrogens is 2. The zero-order valence-electron chi connectivity index (χ0n) is 11.6. The van der Waals surface area contributed by atoms with Gasteiger partial charge >= 0.3 is 0 Å². The fourth-order valence-electron chi connectivity index (χ4n) is 1.97. The summed E-state index contributed by atoms with van der Waals surface area (Å²) < 4.78 is 36.2. The summed E-state index contributed by atoms with van der Waals surface area (Å²) in [6.07, 6.45) is 3.70. The van der Waals surface area contributed by atoms with Gasteiger partial charge in [0.25, 0.3) is 11.1 Å². The zero-order valence-corrected chi connectivity index (χ0v) is 12.5. The summed E-state index contributed by atoms with van der Waals surface area (Å²) in [5.41, 5.74) is 0.630. The van der Waals surface area contributed by atoms with Gasteiger partial charge in [0.15, 0.2) is 11.4 Å². The van der Waals surface area contributed by atoms with Gasteiger partial charge in [0.2, 0.25) is 5.88 Å².